The van der Waals surface area contributed by atoms with Crippen molar-refractivity contribution >= 4 is 28.5 Å². The Labute approximate surface area is 88.3 Å². The zero-order valence-electron chi connectivity index (χ0n) is 6.91. The number of halogens is 3. The average molecular weight is 299 g/mol. The van der Waals surface area contributed by atoms with Gasteiger partial charge in [-0.15, -0.1) is 0 Å². The Morgan fingerprint density at radius 1 is 1.46 bits per heavy atom. The van der Waals surface area contributed by atoms with Gasteiger partial charge in [-0.2, -0.15) is 0 Å². The van der Waals surface area contributed by atoms with Crippen LogP contribution in [0, 0.1) is 3.57 Å². The first-order chi connectivity index (χ1) is 6.09. The van der Waals surface area contributed by atoms with E-state index in [1.165, 1.54) is 11.9 Å². The van der Waals surface area contributed by atoms with Crippen molar-refractivity contribution in [3.63, 3.8) is 0 Å². The van der Waals surface area contributed by atoms with Crippen LogP contribution in [0.2, 0.25) is 0 Å². The monoisotopic (exact) mass is 299 g/mol. The number of hydrogen-bond acceptors (Lipinski definition) is 3. The molecule has 1 aromatic heterocycles. The highest BCUT2D eigenvalue weighted by Gasteiger charge is 2.09. The van der Waals surface area contributed by atoms with Crippen LogP contribution in [-0.2, 0) is 0 Å². The topological polar surface area (TPSA) is 29.0 Å². The maximum absolute atomic E-state index is 12.0. The number of hydrogen-bond donors (Lipinski definition) is 0. The van der Waals surface area contributed by atoms with Gasteiger partial charge in [-0.1, -0.05) is 0 Å². The summed E-state index contributed by atoms with van der Waals surface area (Å²) >= 11 is 2.05. The largest absolute Gasteiger partial charge is 0.338 e. The fourth-order valence-electron chi connectivity index (χ4n) is 0.791. The van der Waals surface area contributed by atoms with E-state index in [1.807, 2.05) is 0 Å². The van der Waals surface area contributed by atoms with Gasteiger partial charge in [-0.25, -0.2) is 18.7 Å². The fraction of sp³-hybridized carbons (Fsp3) is 0.429. The molecule has 6 heteroatoms. The van der Waals surface area contributed by atoms with Crippen LogP contribution in [-0.4, -0.2) is 30.0 Å². The molecule has 3 nitrogen and oxygen atoms in total. The maximum atomic E-state index is 12.0. The SMILES string of the molecule is CN(CC(F)F)c1ncc(I)cn1. The van der Waals surface area contributed by atoms with E-state index in [0.29, 0.717) is 5.95 Å². The van der Waals surface area contributed by atoms with Crippen molar-refractivity contribution in [2.24, 2.45) is 0 Å². The predicted molar refractivity (Wildman–Crippen MR) is 54.0 cm³/mol. The molecule has 0 amide bonds. The third-order valence-electron chi connectivity index (χ3n) is 1.36. The minimum absolute atomic E-state index is 0.320. The van der Waals surface area contributed by atoms with Gasteiger partial charge in [-0.3, -0.25) is 0 Å². The van der Waals surface area contributed by atoms with Crippen molar-refractivity contribution in [2.45, 2.75) is 6.43 Å². The lowest BCUT2D eigenvalue weighted by Gasteiger charge is -2.15. The molecule has 0 aliphatic carbocycles. The van der Waals surface area contributed by atoms with Gasteiger partial charge >= 0.3 is 0 Å². The first kappa shape index (κ1) is 10.6. The summed E-state index contributed by atoms with van der Waals surface area (Å²) in [7, 11) is 1.54. The molecule has 0 saturated heterocycles. The molecule has 0 unspecified atom stereocenters. The maximum Gasteiger partial charge on any atom is 0.255 e. The molecule has 0 saturated carbocycles. The minimum Gasteiger partial charge on any atom is -0.338 e. The van der Waals surface area contributed by atoms with Crippen LogP contribution in [0.25, 0.3) is 0 Å². The van der Waals surface area contributed by atoms with Crippen molar-refractivity contribution in [3.8, 4) is 0 Å². The molecule has 0 aliphatic rings. The van der Waals surface area contributed by atoms with Gasteiger partial charge < -0.3 is 4.90 Å². The Morgan fingerprint density at radius 2 is 2.00 bits per heavy atom. The Bertz CT molecular complexity index is 265. The van der Waals surface area contributed by atoms with Crippen molar-refractivity contribution in [2.75, 3.05) is 18.5 Å². The highest BCUT2D eigenvalue weighted by molar-refractivity contribution is 14.1. The molecule has 1 aromatic rings. The Morgan fingerprint density at radius 3 is 2.46 bits per heavy atom. The summed E-state index contributed by atoms with van der Waals surface area (Å²) in [6.07, 6.45) is 0.809. The molecule has 1 rings (SSSR count). The van der Waals surface area contributed by atoms with E-state index in [1.54, 1.807) is 12.4 Å². The second kappa shape index (κ2) is 4.64. The lowest BCUT2D eigenvalue weighted by Crippen LogP contribution is -2.25. The van der Waals surface area contributed by atoms with E-state index in [4.69, 9.17) is 0 Å². The number of nitrogens with zero attached hydrogens (tertiary/aromatic N) is 3. The highest BCUT2D eigenvalue weighted by atomic mass is 127. The summed E-state index contributed by atoms with van der Waals surface area (Å²) in [5, 5.41) is 0. The van der Waals surface area contributed by atoms with Crippen LogP contribution in [0.5, 0.6) is 0 Å². The van der Waals surface area contributed by atoms with E-state index in [0.717, 1.165) is 3.57 Å². The van der Waals surface area contributed by atoms with Crippen molar-refractivity contribution in [1.82, 2.24) is 9.97 Å². The molecule has 0 fully saturated rings. The van der Waals surface area contributed by atoms with E-state index in [2.05, 4.69) is 32.6 Å². The lowest BCUT2D eigenvalue weighted by molar-refractivity contribution is 0.156. The number of rotatable bonds is 3. The summed E-state index contributed by atoms with van der Waals surface area (Å²) in [6, 6.07) is 0. The molecule has 1 heterocycles. The summed E-state index contributed by atoms with van der Waals surface area (Å²) in [5.41, 5.74) is 0. The van der Waals surface area contributed by atoms with Crippen LogP contribution in [0.1, 0.15) is 0 Å². The summed E-state index contributed by atoms with van der Waals surface area (Å²) < 4.78 is 24.8. The highest BCUT2D eigenvalue weighted by Crippen LogP contribution is 2.08. The van der Waals surface area contributed by atoms with Crippen molar-refractivity contribution in [1.29, 1.82) is 0 Å². The molecule has 0 N–H and O–H groups in total. The zero-order chi connectivity index (χ0) is 9.84. The fourth-order valence-corrected chi connectivity index (χ4v) is 1.07. The first-order valence-electron chi connectivity index (χ1n) is 3.56. The zero-order valence-corrected chi connectivity index (χ0v) is 9.07. The summed E-state index contributed by atoms with van der Waals surface area (Å²) in [4.78, 5) is 9.13. The van der Waals surface area contributed by atoms with Gasteiger partial charge in [0.25, 0.3) is 6.43 Å². The molecule has 0 aromatic carbocycles. The average Bonchev–Trinajstić information content (AvgIpc) is 2.04. The van der Waals surface area contributed by atoms with Crippen molar-refractivity contribution < 1.29 is 8.78 Å². The molecular weight excluding hydrogens is 291 g/mol. The standard InChI is InChI=1S/C7H8F2IN3/c1-13(4-6(8)9)7-11-2-5(10)3-12-7/h2-3,6H,4H2,1H3. The van der Waals surface area contributed by atoms with E-state index in [9.17, 15) is 8.78 Å². The number of aromatic nitrogens is 2. The predicted octanol–water partition coefficient (Wildman–Crippen LogP) is 1.78. The van der Waals surface area contributed by atoms with E-state index in [-0.39, 0.29) is 6.54 Å². The van der Waals surface area contributed by atoms with Crippen LogP contribution in [0.3, 0.4) is 0 Å². The summed E-state index contributed by atoms with van der Waals surface area (Å²) in [5.74, 6) is 0.320. The van der Waals surface area contributed by atoms with Crippen LogP contribution >= 0.6 is 22.6 Å². The van der Waals surface area contributed by atoms with Gasteiger partial charge in [0, 0.05) is 23.0 Å². The van der Waals surface area contributed by atoms with Gasteiger partial charge in [0.2, 0.25) is 5.95 Å². The van der Waals surface area contributed by atoms with Gasteiger partial charge in [0.05, 0.1) is 6.54 Å². The Hall–Kier alpha value is -0.530. The second-order valence-corrected chi connectivity index (χ2v) is 3.72. The molecular formula is C7H8F2IN3. The molecule has 0 aliphatic heterocycles. The third-order valence-corrected chi connectivity index (χ3v) is 1.92. The molecule has 0 radical (unpaired) electrons. The first-order valence-corrected chi connectivity index (χ1v) is 4.64. The summed E-state index contributed by atoms with van der Waals surface area (Å²) in [6.45, 7) is -0.347. The molecule has 72 valence electrons. The van der Waals surface area contributed by atoms with Gasteiger partial charge in [0.1, 0.15) is 0 Å². The van der Waals surface area contributed by atoms with E-state index >= 15 is 0 Å². The third kappa shape index (κ3) is 3.37. The van der Waals surface area contributed by atoms with Crippen LogP contribution in [0.4, 0.5) is 14.7 Å². The Kier molecular flexibility index (Phi) is 3.76. The normalized spacial score (nSPS) is 10.5. The molecule has 0 atom stereocenters. The number of anilines is 1. The quantitative estimate of drug-likeness (QED) is 0.797. The number of alkyl halides is 2. The molecule has 13 heavy (non-hydrogen) atoms. The Balaban J connectivity index is 2.66. The smallest absolute Gasteiger partial charge is 0.255 e. The van der Waals surface area contributed by atoms with E-state index < -0.39 is 6.43 Å². The van der Waals surface area contributed by atoms with Crippen molar-refractivity contribution in [3.05, 3.63) is 16.0 Å². The van der Waals surface area contributed by atoms with Crippen LogP contribution < -0.4 is 4.90 Å². The van der Waals surface area contributed by atoms with Gasteiger partial charge in [-0.05, 0) is 22.6 Å². The van der Waals surface area contributed by atoms with Crippen LogP contribution in [0.15, 0.2) is 12.4 Å². The molecule has 0 bridgehead atoms. The lowest BCUT2D eigenvalue weighted by atomic mass is 10.6. The molecule has 0 spiro atoms. The second-order valence-electron chi connectivity index (χ2n) is 2.47. The minimum atomic E-state index is -2.37. The van der Waals surface area contributed by atoms with Gasteiger partial charge in [0.15, 0.2) is 0 Å².